The van der Waals surface area contributed by atoms with Gasteiger partial charge in [-0.15, -0.1) is 0 Å². The van der Waals surface area contributed by atoms with E-state index in [1.54, 1.807) is 12.4 Å². The van der Waals surface area contributed by atoms with Crippen LogP contribution in [0.25, 0.3) is 0 Å². The van der Waals surface area contributed by atoms with Crippen molar-refractivity contribution in [3.8, 4) is 0 Å². The highest BCUT2D eigenvalue weighted by molar-refractivity contribution is 5.85. The molecule has 1 aromatic heterocycles. The Bertz CT molecular complexity index is 334. The van der Waals surface area contributed by atoms with Crippen LogP contribution in [0.15, 0.2) is 18.5 Å². The molecule has 0 aliphatic rings. The van der Waals surface area contributed by atoms with Gasteiger partial charge in [-0.1, -0.05) is 0 Å². The molecular weight excluding hydrogens is 198 g/mol. The second-order valence-corrected chi connectivity index (χ2v) is 3.14. The van der Waals surface area contributed by atoms with Crippen LogP contribution in [0, 0.1) is 0 Å². The minimum Gasteiger partial charge on any atom is -0.481 e. The molecule has 0 spiro atoms. The van der Waals surface area contributed by atoms with Crippen molar-refractivity contribution in [2.75, 3.05) is 0 Å². The second-order valence-electron chi connectivity index (χ2n) is 3.14. The van der Waals surface area contributed by atoms with Crippen LogP contribution in [0.5, 0.6) is 0 Å². The number of aliphatic carboxylic acids is 1. The molecule has 1 heterocycles. The van der Waals surface area contributed by atoms with Crippen LogP contribution in [0.4, 0.5) is 0 Å². The van der Waals surface area contributed by atoms with Crippen LogP contribution in [0.2, 0.25) is 0 Å². The molecule has 1 atom stereocenters. The summed E-state index contributed by atoms with van der Waals surface area (Å²) in [6.07, 6.45) is 3.11. The Kier molecular flexibility index (Phi) is 3.87. The molecule has 82 valence electrons. The lowest BCUT2D eigenvalue weighted by molar-refractivity contribution is -0.139. The first kappa shape index (κ1) is 11.3. The van der Waals surface area contributed by atoms with Crippen LogP contribution in [-0.2, 0) is 16.1 Å². The molecule has 15 heavy (non-hydrogen) atoms. The van der Waals surface area contributed by atoms with Gasteiger partial charge in [-0.25, -0.2) is 0 Å². The monoisotopic (exact) mass is 211 g/mol. The van der Waals surface area contributed by atoms with Crippen LogP contribution < -0.4 is 11.1 Å². The largest absolute Gasteiger partial charge is 0.481 e. The lowest BCUT2D eigenvalue weighted by Gasteiger charge is -2.08. The number of carbonyl (C=O) groups is 2. The Morgan fingerprint density at radius 3 is 2.87 bits per heavy atom. The maximum Gasteiger partial charge on any atom is 0.305 e. The number of amides is 1. The molecule has 1 amide bonds. The van der Waals surface area contributed by atoms with Crippen molar-refractivity contribution in [3.63, 3.8) is 0 Å². The van der Waals surface area contributed by atoms with Crippen molar-refractivity contribution in [1.82, 2.24) is 10.3 Å². The normalized spacial score (nSPS) is 12.1. The molecule has 0 aliphatic carbocycles. The van der Waals surface area contributed by atoms with Crippen molar-refractivity contribution in [2.45, 2.75) is 19.0 Å². The smallest absolute Gasteiger partial charge is 0.305 e. The first-order valence-electron chi connectivity index (χ1n) is 4.46. The minimum atomic E-state index is -1.08. The first-order chi connectivity index (χ1) is 7.09. The number of rotatable bonds is 5. The van der Waals surface area contributed by atoms with Crippen molar-refractivity contribution < 1.29 is 14.7 Å². The van der Waals surface area contributed by atoms with Gasteiger partial charge in [0.15, 0.2) is 0 Å². The van der Waals surface area contributed by atoms with Gasteiger partial charge >= 0.3 is 5.97 Å². The van der Waals surface area contributed by atoms with Crippen LogP contribution >= 0.6 is 0 Å². The number of hydrogen-bond donors (Lipinski definition) is 4. The number of carboxylic acids is 1. The SMILES string of the molecule is NC(CC(=O)O)C(=O)NCc1cc[nH]c1. The Balaban J connectivity index is 2.32. The highest BCUT2D eigenvalue weighted by atomic mass is 16.4. The third kappa shape index (κ3) is 3.82. The zero-order chi connectivity index (χ0) is 11.3. The molecule has 6 nitrogen and oxygen atoms in total. The van der Waals surface area contributed by atoms with E-state index in [2.05, 4.69) is 10.3 Å². The molecule has 1 aromatic rings. The van der Waals surface area contributed by atoms with Crippen molar-refractivity contribution >= 4 is 11.9 Å². The molecule has 0 radical (unpaired) electrons. The molecule has 0 saturated heterocycles. The quantitative estimate of drug-likeness (QED) is 0.523. The Morgan fingerprint density at radius 1 is 1.60 bits per heavy atom. The summed E-state index contributed by atoms with van der Waals surface area (Å²) in [5.41, 5.74) is 6.27. The van der Waals surface area contributed by atoms with E-state index in [0.717, 1.165) is 5.56 Å². The highest BCUT2D eigenvalue weighted by Gasteiger charge is 2.16. The summed E-state index contributed by atoms with van der Waals surface area (Å²) in [5.74, 6) is -1.54. The van der Waals surface area contributed by atoms with E-state index < -0.39 is 17.9 Å². The van der Waals surface area contributed by atoms with Crippen LogP contribution in [0.1, 0.15) is 12.0 Å². The molecule has 0 aliphatic heterocycles. The molecular formula is C9H13N3O3. The fourth-order valence-electron chi connectivity index (χ4n) is 1.07. The fraction of sp³-hybridized carbons (Fsp3) is 0.333. The van der Waals surface area contributed by atoms with E-state index in [0.29, 0.717) is 6.54 Å². The van der Waals surface area contributed by atoms with Gasteiger partial charge in [0, 0.05) is 18.9 Å². The van der Waals surface area contributed by atoms with E-state index in [1.165, 1.54) is 0 Å². The van der Waals surface area contributed by atoms with Gasteiger partial charge in [-0.05, 0) is 11.6 Å². The summed E-state index contributed by atoms with van der Waals surface area (Å²) in [4.78, 5) is 24.4. The number of aromatic nitrogens is 1. The third-order valence-corrected chi connectivity index (χ3v) is 1.86. The lowest BCUT2D eigenvalue weighted by atomic mass is 10.2. The second kappa shape index (κ2) is 5.16. The number of nitrogens with two attached hydrogens (primary N) is 1. The van der Waals surface area contributed by atoms with Crippen LogP contribution in [-0.4, -0.2) is 28.0 Å². The number of nitrogens with one attached hydrogen (secondary N) is 2. The summed E-state index contributed by atoms with van der Waals surface area (Å²) in [5, 5.41) is 11.0. The van der Waals surface area contributed by atoms with Gasteiger partial charge < -0.3 is 21.1 Å². The summed E-state index contributed by atoms with van der Waals surface area (Å²) >= 11 is 0. The van der Waals surface area contributed by atoms with E-state index in [4.69, 9.17) is 10.8 Å². The number of carbonyl (C=O) groups excluding carboxylic acids is 1. The van der Waals surface area contributed by atoms with Gasteiger partial charge in [0.2, 0.25) is 5.91 Å². The highest BCUT2D eigenvalue weighted by Crippen LogP contribution is 1.96. The molecule has 1 unspecified atom stereocenters. The summed E-state index contributed by atoms with van der Waals surface area (Å²) in [6.45, 7) is 0.343. The van der Waals surface area contributed by atoms with Gasteiger partial charge in [0.05, 0.1) is 12.5 Å². The minimum absolute atomic E-state index is 0.343. The number of aromatic amines is 1. The summed E-state index contributed by atoms with van der Waals surface area (Å²) < 4.78 is 0. The number of carboxylic acid groups (broad SMARTS) is 1. The number of H-pyrrole nitrogens is 1. The molecule has 5 N–H and O–H groups in total. The fourth-order valence-corrected chi connectivity index (χ4v) is 1.07. The Labute approximate surface area is 86.5 Å². The average molecular weight is 211 g/mol. The van der Waals surface area contributed by atoms with E-state index >= 15 is 0 Å². The standard InChI is InChI=1S/C9H13N3O3/c10-7(3-8(13)14)9(15)12-5-6-1-2-11-4-6/h1-2,4,7,11H,3,5,10H2,(H,12,15)(H,13,14). The predicted octanol–water partition coefficient (Wildman–Crippen LogP) is -0.567. The summed E-state index contributed by atoms with van der Waals surface area (Å²) in [6, 6.07) is 0.810. The van der Waals surface area contributed by atoms with E-state index in [-0.39, 0.29) is 6.42 Å². The average Bonchev–Trinajstić information content (AvgIpc) is 2.65. The Hall–Kier alpha value is -1.82. The zero-order valence-corrected chi connectivity index (χ0v) is 8.06. The third-order valence-electron chi connectivity index (χ3n) is 1.86. The Morgan fingerprint density at radius 2 is 2.33 bits per heavy atom. The maximum absolute atomic E-state index is 11.3. The molecule has 0 bridgehead atoms. The van der Waals surface area contributed by atoms with E-state index in [9.17, 15) is 9.59 Å². The lowest BCUT2D eigenvalue weighted by Crippen LogP contribution is -2.41. The van der Waals surface area contributed by atoms with Crippen molar-refractivity contribution in [3.05, 3.63) is 24.0 Å². The topological polar surface area (TPSA) is 108 Å². The summed E-state index contributed by atoms with van der Waals surface area (Å²) in [7, 11) is 0. The molecule has 0 fully saturated rings. The molecule has 0 aromatic carbocycles. The van der Waals surface area contributed by atoms with Gasteiger partial charge in [0.25, 0.3) is 0 Å². The van der Waals surface area contributed by atoms with Crippen molar-refractivity contribution in [2.24, 2.45) is 5.73 Å². The van der Waals surface area contributed by atoms with Gasteiger partial charge in [-0.2, -0.15) is 0 Å². The first-order valence-corrected chi connectivity index (χ1v) is 4.46. The van der Waals surface area contributed by atoms with Crippen molar-refractivity contribution in [1.29, 1.82) is 0 Å². The van der Waals surface area contributed by atoms with Gasteiger partial charge in [-0.3, -0.25) is 9.59 Å². The van der Waals surface area contributed by atoms with E-state index in [1.807, 2.05) is 6.07 Å². The number of hydrogen-bond acceptors (Lipinski definition) is 3. The van der Waals surface area contributed by atoms with Gasteiger partial charge in [0.1, 0.15) is 0 Å². The predicted molar refractivity (Wildman–Crippen MR) is 52.9 cm³/mol. The van der Waals surface area contributed by atoms with Crippen LogP contribution in [0.3, 0.4) is 0 Å². The zero-order valence-electron chi connectivity index (χ0n) is 8.06. The molecule has 1 rings (SSSR count). The maximum atomic E-state index is 11.3. The molecule has 0 saturated carbocycles. The molecule has 6 heteroatoms.